The number of carbonyl (C=O) groups excluding carboxylic acids is 2. The molecule has 0 saturated heterocycles. The van der Waals surface area contributed by atoms with Crippen LogP contribution in [0.15, 0.2) is 21.3 Å². The fourth-order valence-corrected chi connectivity index (χ4v) is 2.68. The Morgan fingerprint density at radius 1 is 0.857 bits per heavy atom. The molecule has 0 aromatic rings. The summed E-state index contributed by atoms with van der Waals surface area (Å²) in [6.45, 7) is 0. The zero-order valence-electron chi connectivity index (χ0n) is 9.49. The van der Waals surface area contributed by atoms with Crippen LogP contribution < -0.4 is 0 Å². The molecule has 0 saturated carbocycles. The third-order valence-corrected chi connectivity index (χ3v) is 3.78. The average molecular weight is 344 g/mol. The SMILES string of the molecule is O=C1C(OB(O)O)=C(S(=O)(=O)O)C(=O)C(O)=C1S(=O)(=O)O. The van der Waals surface area contributed by atoms with E-state index in [0.717, 1.165) is 0 Å². The van der Waals surface area contributed by atoms with Crippen molar-refractivity contribution in [2.75, 3.05) is 0 Å². The topological polar surface area (TPSA) is 213 Å². The van der Waals surface area contributed by atoms with E-state index in [1.807, 2.05) is 0 Å². The third kappa shape index (κ3) is 3.28. The highest BCUT2D eigenvalue weighted by Crippen LogP contribution is 2.29. The fourth-order valence-electron chi connectivity index (χ4n) is 1.31. The van der Waals surface area contributed by atoms with Gasteiger partial charge in [0.25, 0.3) is 0 Å². The van der Waals surface area contributed by atoms with Crippen LogP contribution in [0.2, 0.25) is 0 Å². The number of allylic oxidation sites excluding steroid dienone is 2. The largest absolute Gasteiger partial charge is 0.707 e. The number of Topliss-reactive ketones (excluding diaryl/α,β-unsaturated/α-hetero) is 2. The highest BCUT2D eigenvalue weighted by Gasteiger charge is 2.47. The highest BCUT2D eigenvalue weighted by molar-refractivity contribution is 7.92. The van der Waals surface area contributed by atoms with E-state index in [9.17, 15) is 31.5 Å². The predicted molar refractivity (Wildman–Crippen MR) is 61.1 cm³/mol. The molecule has 15 heteroatoms. The second-order valence-corrected chi connectivity index (χ2v) is 6.11. The minimum Gasteiger partial charge on any atom is -0.508 e. The van der Waals surface area contributed by atoms with Crippen molar-refractivity contribution in [2.24, 2.45) is 0 Å². The van der Waals surface area contributed by atoms with E-state index in [1.165, 1.54) is 0 Å². The Morgan fingerprint density at radius 3 is 1.62 bits per heavy atom. The van der Waals surface area contributed by atoms with Crippen LogP contribution in [0, 0.1) is 0 Å². The van der Waals surface area contributed by atoms with Gasteiger partial charge >= 0.3 is 27.6 Å². The zero-order chi connectivity index (χ0) is 16.7. The molecule has 21 heavy (non-hydrogen) atoms. The average Bonchev–Trinajstić information content (AvgIpc) is 2.21. The Hall–Kier alpha value is -1.78. The molecule has 1 aliphatic rings. The minimum absolute atomic E-state index is 1.80. The quantitative estimate of drug-likeness (QED) is 0.195. The molecule has 1 aliphatic carbocycles. The second kappa shape index (κ2) is 5.21. The first-order chi connectivity index (χ1) is 9.28. The number of aliphatic hydroxyl groups is 1. The molecule has 0 bridgehead atoms. The van der Waals surface area contributed by atoms with Gasteiger partial charge < -0.3 is 19.8 Å². The molecule has 0 atom stereocenters. The summed E-state index contributed by atoms with van der Waals surface area (Å²) >= 11 is 0. The van der Waals surface area contributed by atoms with Gasteiger partial charge in [-0.1, -0.05) is 0 Å². The molecule has 0 aromatic heterocycles. The van der Waals surface area contributed by atoms with Crippen LogP contribution in [0.4, 0.5) is 0 Å². The molecule has 0 fully saturated rings. The molecule has 0 aromatic carbocycles. The lowest BCUT2D eigenvalue weighted by Gasteiger charge is -2.18. The molecular weight excluding hydrogens is 339 g/mol. The van der Waals surface area contributed by atoms with Gasteiger partial charge in [0.1, 0.15) is 0 Å². The number of aliphatic hydroxyl groups excluding tert-OH is 1. The summed E-state index contributed by atoms with van der Waals surface area (Å²) in [5.41, 5.74) is 0. The van der Waals surface area contributed by atoms with Gasteiger partial charge in [-0.25, -0.2) is 0 Å². The normalized spacial score (nSPS) is 17.3. The van der Waals surface area contributed by atoms with E-state index in [2.05, 4.69) is 4.65 Å². The molecule has 0 amide bonds. The maximum absolute atomic E-state index is 11.6. The number of hydrogen-bond acceptors (Lipinski definition) is 10. The van der Waals surface area contributed by atoms with E-state index < -0.39 is 60.5 Å². The van der Waals surface area contributed by atoms with Gasteiger partial charge in [-0.2, -0.15) is 16.8 Å². The smallest absolute Gasteiger partial charge is 0.508 e. The zero-order valence-corrected chi connectivity index (χ0v) is 11.1. The molecule has 12 nitrogen and oxygen atoms in total. The Morgan fingerprint density at radius 2 is 1.29 bits per heavy atom. The van der Waals surface area contributed by atoms with Gasteiger partial charge in [-0.3, -0.25) is 18.7 Å². The first kappa shape index (κ1) is 17.3. The monoisotopic (exact) mass is 344 g/mol. The van der Waals surface area contributed by atoms with Crippen molar-refractivity contribution < 1.29 is 55.3 Å². The molecule has 116 valence electrons. The summed E-state index contributed by atoms with van der Waals surface area (Å²) in [6, 6.07) is 0. The van der Waals surface area contributed by atoms with Gasteiger partial charge in [0.05, 0.1) is 0 Å². The molecule has 0 spiro atoms. The molecule has 0 heterocycles. The molecule has 0 radical (unpaired) electrons. The van der Waals surface area contributed by atoms with Crippen LogP contribution in [0.5, 0.6) is 0 Å². The standard InChI is InChI=1S/C6H5BO12S2/c8-1-2(9)6(21(16,17)18)4(19-7(11)12)3(10)5(1)20(13,14)15/h8,11-12H,(H,13,14,15)(H,16,17,18). The van der Waals surface area contributed by atoms with E-state index >= 15 is 0 Å². The van der Waals surface area contributed by atoms with Gasteiger partial charge in [0.15, 0.2) is 21.3 Å². The van der Waals surface area contributed by atoms with Crippen molar-refractivity contribution in [3.63, 3.8) is 0 Å². The summed E-state index contributed by atoms with van der Waals surface area (Å²) in [5, 5.41) is 26.2. The molecule has 1 rings (SSSR count). The lowest BCUT2D eigenvalue weighted by atomic mass is 10.1. The first-order valence-corrected chi connectivity index (χ1v) is 7.41. The van der Waals surface area contributed by atoms with Crippen LogP contribution in [0.3, 0.4) is 0 Å². The summed E-state index contributed by atoms with van der Waals surface area (Å²) in [4.78, 5) is 19.2. The molecule has 0 unspecified atom stereocenters. The van der Waals surface area contributed by atoms with Gasteiger partial charge in [-0.15, -0.1) is 0 Å². The third-order valence-electron chi connectivity index (χ3n) is 1.99. The lowest BCUT2D eigenvalue weighted by Crippen LogP contribution is -2.34. The second-order valence-electron chi connectivity index (χ2n) is 3.39. The predicted octanol–water partition coefficient (Wildman–Crippen LogP) is -3.12. The summed E-state index contributed by atoms with van der Waals surface area (Å²) in [7, 11) is -13.9. The number of carbonyl (C=O) groups is 2. The van der Waals surface area contributed by atoms with E-state index in [1.54, 1.807) is 0 Å². The first-order valence-electron chi connectivity index (χ1n) is 4.53. The van der Waals surface area contributed by atoms with Crippen LogP contribution in [0.1, 0.15) is 0 Å². The maximum atomic E-state index is 11.6. The maximum Gasteiger partial charge on any atom is 0.707 e. The number of rotatable bonds is 4. The van der Waals surface area contributed by atoms with Crippen LogP contribution in [-0.2, 0) is 34.5 Å². The summed E-state index contributed by atoms with van der Waals surface area (Å²) < 4.78 is 65.1. The van der Waals surface area contributed by atoms with Crippen molar-refractivity contribution in [1.29, 1.82) is 0 Å². The lowest BCUT2D eigenvalue weighted by molar-refractivity contribution is -0.119. The van der Waals surface area contributed by atoms with Crippen molar-refractivity contribution in [3.05, 3.63) is 21.3 Å². The Bertz CT molecular complexity index is 782. The van der Waals surface area contributed by atoms with Crippen LogP contribution in [0.25, 0.3) is 0 Å². The molecular formula is C6H5BO12S2. The minimum atomic E-state index is -5.51. The van der Waals surface area contributed by atoms with Crippen molar-refractivity contribution in [2.45, 2.75) is 0 Å². The van der Waals surface area contributed by atoms with Gasteiger partial charge in [-0.05, 0) is 0 Å². The number of ketones is 2. The van der Waals surface area contributed by atoms with Crippen molar-refractivity contribution >= 4 is 39.1 Å². The van der Waals surface area contributed by atoms with Crippen molar-refractivity contribution in [1.82, 2.24) is 0 Å². The van der Waals surface area contributed by atoms with Gasteiger partial charge in [0, 0.05) is 0 Å². The summed E-state index contributed by atoms with van der Waals surface area (Å²) in [6.07, 6.45) is 0. The fraction of sp³-hybridized carbons (Fsp3) is 0. The van der Waals surface area contributed by atoms with Crippen LogP contribution in [-0.4, -0.2) is 60.0 Å². The van der Waals surface area contributed by atoms with E-state index in [-0.39, 0.29) is 0 Å². The van der Waals surface area contributed by atoms with Gasteiger partial charge in [0.2, 0.25) is 11.6 Å². The number of hydrogen-bond donors (Lipinski definition) is 5. The summed E-state index contributed by atoms with van der Waals surface area (Å²) in [5.74, 6) is -7.99. The van der Waals surface area contributed by atoms with Crippen LogP contribution >= 0.6 is 0 Å². The Balaban J connectivity index is 3.77. The molecule has 0 aliphatic heterocycles. The Labute approximate surface area is 116 Å². The van der Waals surface area contributed by atoms with E-state index in [0.29, 0.717) is 0 Å². The van der Waals surface area contributed by atoms with E-state index in [4.69, 9.17) is 19.2 Å². The van der Waals surface area contributed by atoms with Crippen molar-refractivity contribution in [3.8, 4) is 0 Å². The highest BCUT2D eigenvalue weighted by atomic mass is 32.2. The molecule has 5 N–H and O–H groups in total. The Kier molecular flexibility index (Phi) is 4.28.